The molecule has 0 bridgehead atoms. The zero-order valence-corrected chi connectivity index (χ0v) is 14.7. The molecule has 1 aromatic rings. The van der Waals surface area contributed by atoms with E-state index in [0.717, 1.165) is 49.5 Å². The van der Waals surface area contributed by atoms with Crippen molar-refractivity contribution in [3.63, 3.8) is 0 Å². The zero-order chi connectivity index (χ0) is 16.9. The van der Waals surface area contributed by atoms with Crippen molar-refractivity contribution < 1.29 is 14.3 Å². The minimum Gasteiger partial charge on any atom is -0.486 e. The van der Waals surface area contributed by atoms with Gasteiger partial charge in [0.05, 0.1) is 0 Å². The number of nitrogens with zero attached hydrogens (tertiary/aromatic N) is 1. The second-order valence-corrected chi connectivity index (χ2v) is 6.58. The Labute approximate surface area is 144 Å². The normalized spacial score (nSPS) is 23.2. The highest BCUT2D eigenvalue weighted by Crippen LogP contribution is 2.33. The number of likely N-dealkylation sites (tertiary alicyclic amines) is 1. The van der Waals surface area contributed by atoms with Crippen LogP contribution in [0, 0.1) is 5.92 Å². The van der Waals surface area contributed by atoms with Gasteiger partial charge in [0, 0.05) is 37.7 Å². The molecule has 3 rings (SSSR count). The standard InChI is InChI=1S/C19H28N2O3/c1-3-14-13-21(18(22)4-2)9-8-16(14)20-12-15-6-5-7-17-19(15)24-11-10-23-17/h5-7,14,16,20H,3-4,8-13H2,1-2H3. The number of ether oxygens (including phenoxy) is 2. The molecular formula is C19H28N2O3. The number of amides is 1. The van der Waals surface area contributed by atoms with Crippen molar-refractivity contribution in [3.8, 4) is 11.5 Å². The van der Waals surface area contributed by atoms with Crippen LogP contribution >= 0.6 is 0 Å². The van der Waals surface area contributed by atoms with Crippen LogP contribution in [0.5, 0.6) is 11.5 Å². The van der Waals surface area contributed by atoms with Gasteiger partial charge in [-0.2, -0.15) is 0 Å². The van der Waals surface area contributed by atoms with Gasteiger partial charge in [-0.15, -0.1) is 0 Å². The van der Waals surface area contributed by atoms with Crippen LogP contribution in [-0.4, -0.2) is 43.2 Å². The van der Waals surface area contributed by atoms with Crippen LogP contribution in [0.3, 0.4) is 0 Å². The van der Waals surface area contributed by atoms with E-state index in [-0.39, 0.29) is 5.91 Å². The number of carbonyl (C=O) groups excluding carboxylic acids is 1. The molecule has 1 aromatic carbocycles. The number of carbonyl (C=O) groups is 1. The van der Waals surface area contributed by atoms with Crippen LogP contribution in [0.1, 0.15) is 38.7 Å². The van der Waals surface area contributed by atoms with Gasteiger partial charge in [-0.3, -0.25) is 4.79 Å². The molecule has 24 heavy (non-hydrogen) atoms. The van der Waals surface area contributed by atoms with Crippen molar-refractivity contribution in [2.75, 3.05) is 26.3 Å². The molecule has 5 heteroatoms. The van der Waals surface area contributed by atoms with Crippen molar-refractivity contribution in [2.24, 2.45) is 5.92 Å². The average molecular weight is 332 g/mol. The van der Waals surface area contributed by atoms with Gasteiger partial charge in [0.1, 0.15) is 13.2 Å². The van der Waals surface area contributed by atoms with Crippen LogP contribution in [-0.2, 0) is 11.3 Å². The minimum absolute atomic E-state index is 0.273. The Morgan fingerprint density at radius 2 is 2.12 bits per heavy atom. The fourth-order valence-electron chi connectivity index (χ4n) is 3.68. The maximum Gasteiger partial charge on any atom is 0.222 e. The number of piperidine rings is 1. The zero-order valence-electron chi connectivity index (χ0n) is 14.7. The molecule has 1 N–H and O–H groups in total. The number of hydrogen-bond donors (Lipinski definition) is 1. The predicted octanol–water partition coefficient (Wildman–Crippen LogP) is 2.58. The molecular weight excluding hydrogens is 304 g/mol. The maximum absolute atomic E-state index is 11.9. The largest absolute Gasteiger partial charge is 0.486 e. The molecule has 1 fully saturated rings. The highest BCUT2D eigenvalue weighted by molar-refractivity contribution is 5.75. The number of para-hydroxylation sites is 1. The Kier molecular flexibility index (Phi) is 5.61. The van der Waals surface area contributed by atoms with E-state index >= 15 is 0 Å². The maximum atomic E-state index is 11.9. The Morgan fingerprint density at radius 3 is 2.92 bits per heavy atom. The smallest absolute Gasteiger partial charge is 0.222 e. The van der Waals surface area contributed by atoms with E-state index in [4.69, 9.17) is 9.47 Å². The second-order valence-electron chi connectivity index (χ2n) is 6.58. The summed E-state index contributed by atoms with van der Waals surface area (Å²) in [5.74, 6) is 2.50. The number of nitrogens with one attached hydrogen (secondary N) is 1. The van der Waals surface area contributed by atoms with E-state index in [0.29, 0.717) is 31.6 Å². The lowest BCUT2D eigenvalue weighted by atomic mass is 9.89. The molecule has 2 unspecified atom stereocenters. The van der Waals surface area contributed by atoms with Crippen molar-refractivity contribution in [1.29, 1.82) is 0 Å². The van der Waals surface area contributed by atoms with Gasteiger partial charge in [-0.05, 0) is 18.4 Å². The van der Waals surface area contributed by atoms with Crippen LogP contribution in [0.2, 0.25) is 0 Å². The quantitative estimate of drug-likeness (QED) is 0.900. The van der Waals surface area contributed by atoms with Gasteiger partial charge >= 0.3 is 0 Å². The first-order valence-corrected chi connectivity index (χ1v) is 9.11. The lowest BCUT2D eigenvalue weighted by molar-refractivity contribution is -0.133. The first kappa shape index (κ1) is 17.1. The van der Waals surface area contributed by atoms with Gasteiger partial charge in [0.25, 0.3) is 0 Å². The molecule has 2 atom stereocenters. The van der Waals surface area contributed by atoms with Gasteiger partial charge in [0.2, 0.25) is 5.91 Å². The molecule has 2 heterocycles. The molecule has 132 valence electrons. The van der Waals surface area contributed by atoms with Crippen molar-refractivity contribution in [2.45, 2.75) is 45.7 Å². The van der Waals surface area contributed by atoms with Crippen molar-refractivity contribution >= 4 is 5.91 Å². The summed E-state index contributed by atoms with van der Waals surface area (Å²) in [5, 5.41) is 3.69. The van der Waals surface area contributed by atoms with E-state index in [1.165, 1.54) is 0 Å². The third-order valence-corrected chi connectivity index (χ3v) is 5.12. The van der Waals surface area contributed by atoms with Crippen LogP contribution in [0.25, 0.3) is 0 Å². The topological polar surface area (TPSA) is 50.8 Å². The summed E-state index contributed by atoms with van der Waals surface area (Å²) >= 11 is 0. The summed E-state index contributed by atoms with van der Waals surface area (Å²) in [7, 11) is 0. The molecule has 0 aliphatic carbocycles. The highest BCUT2D eigenvalue weighted by atomic mass is 16.6. The first-order valence-electron chi connectivity index (χ1n) is 9.11. The summed E-state index contributed by atoms with van der Waals surface area (Å²) in [6, 6.07) is 6.51. The molecule has 1 saturated heterocycles. The Bertz CT molecular complexity index is 576. The van der Waals surface area contributed by atoms with Gasteiger partial charge in [-0.1, -0.05) is 32.4 Å². The van der Waals surface area contributed by atoms with Crippen molar-refractivity contribution in [1.82, 2.24) is 10.2 Å². The van der Waals surface area contributed by atoms with E-state index in [1.807, 2.05) is 24.0 Å². The van der Waals surface area contributed by atoms with E-state index in [9.17, 15) is 4.79 Å². The molecule has 5 nitrogen and oxygen atoms in total. The molecule has 0 aromatic heterocycles. The van der Waals surface area contributed by atoms with Gasteiger partial charge in [-0.25, -0.2) is 0 Å². The van der Waals surface area contributed by atoms with Crippen LogP contribution < -0.4 is 14.8 Å². The fourth-order valence-corrected chi connectivity index (χ4v) is 3.68. The number of benzene rings is 1. The van der Waals surface area contributed by atoms with Crippen molar-refractivity contribution in [3.05, 3.63) is 23.8 Å². The van der Waals surface area contributed by atoms with E-state index < -0.39 is 0 Å². The number of fused-ring (bicyclic) bond motifs is 1. The average Bonchev–Trinajstić information content (AvgIpc) is 2.65. The summed E-state index contributed by atoms with van der Waals surface area (Å²) < 4.78 is 11.4. The Balaban J connectivity index is 1.61. The monoisotopic (exact) mass is 332 g/mol. The highest BCUT2D eigenvalue weighted by Gasteiger charge is 2.29. The fraction of sp³-hybridized carbons (Fsp3) is 0.632. The summed E-state index contributed by atoms with van der Waals surface area (Å²) in [6.07, 6.45) is 2.69. The van der Waals surface area contributed by atoms with E-state index in [2.05, 4.69) is 18.3 Å². The lowest BCUT2D eigenvalue weighted by Crippen LogP contribution is -2.50. The predicted molar refractivity (Wildman–Crippen MR) is 93.3 cm³/mol. The molecule has 0 saturated carbocycles. The molecule has 2 aliphatic heterocycles. The van der Waals surface area contributed by atoms with Gasteiger partial charge < -0.3 is 19.7 Å². The second kappa shape index (κ2) is 7.88. The van der Waals surface area contributed by atoms with Crippen LogP contribution in [0.15, 0.2) is 18.2 Å². The van der Waals surface area contributed by atoms with Crippen LogP contribution in [0.4, 0.5) is 0 Å². The third kappa shape index (κ3) is 3.66. The van der Waals surface area contributed by atoms with E-state index in [1.54, 1.807) is 0 Å². The first-order chi connectivity index (χ1) is 11.7. The minimum atomic E-state index is 0.273. The third-order valence-electron chi connectivity index (χ3n) is 5.12. The number of hydrogen-bond acceptors (Lipinski definition) is 4. The Morgan fingerprint density at radius 1 is 1.29 bits per heavy atom. The lowest BCUT2D eigenvalue weighted by Gasteiger charge is -2.39. The number of rotatable bonds is 5. The molecule has 0 spiro atoms. The summed E-state index contributed by atoms with van der Waals surface area (Å²) in [6.45, 7) is 7.87. The summed E-state index contributed by atoms with van der Waals surface area (Å²) in [4.78, 5) is 14.0. The SMILES string of the molecule is CCC(=O)N1CCC(NCc2cccc3c2OCCO3)C(CC)C1. The Hall–Kier alpha value is -1.75. The molecule has 2 aliphatic rings. The molecule has 0 radical (unpaired) electrons. The molecule has 1 amide bonds. The summed E-state index contributed by atoms with van der Waals surface area (Å²) in [5.41, 5.74) is 1.15. The van der Waals surface area contributed by atoms with Gasteiger partial charge in [0.15, 0.2) is 11.5 Å².